The van der Waals surface area contributed by atoms with Gasteiger partial charge in [0.15, 0.2) is 0 Å². The van der Waals surface area contributed by atoms with E-state index in [0.717, 1.165) is 33.7 Å². The number of aliphatic hydroxyl groups excluding tert-OH is 1. The van der Waals surface area contributed by atoms with Crippen molar-refractivity contribution in [2.45, 2.75) is 45.4 Å². The summed E-state index contributed by atoms with van der Waals surface area (Å²) in [5, 5.41) is 9.67. The predicted octanol–water partition coefficient (Wildman–Crippen LogP) is 2.74. The number of aromatic nitrogens is 3. The first-order chi connectivity index (χ1) is 16.3. The number of urea groups is 1. The number of pyridine rings is 3. The third kappa shape index (κ3) is 3.86. The number of anilines is 1. The molecule has 1 atom stereocenters. The van der Waals surface area contributed by atoms with Crippen LogP contribution in [0.5, 0.6) is 0 Å². The Morgan fingerprint density at radius 1 is 1.12 bits per heavy atom. The minimum absolute atomic E-state index is 0.0792. The van der Waals surface area contributed by atoms with E-state index < -0.39 is 6.10 Å². The first-order valence-corrected chi connectivity index (χ1v) is 11.6. The van der Waals surface area contributed by atoms with Crippen molar-refractivity contribution in [3.63, 3.8) is 0 Å². The Morgan fingerprint density at radius 2 is 1.88 bits per heavy atom. The van der Waals surface area contributed by atoms with Crippen LogP contribution in [0.4, 0.5) is 10.5 Å². The largest absolute Gasteiger partial charge is 0.384 e. The van der Waals surface area contributed by atoms with Gasteiger partial charge in [0.25, 0.3) is 5.91 Å². The number of nitrogens with zero attached hydrogens (tertiary/aromatic N) is 6. The molecule has 0 unspecified atom stereocenters. The zero-order valence-corrected chi connectivity index (χ0v) is 19.6. The lowest BCUT2D eigenvalue weighted by atomic mass is 9.99. The Hall–Kier alpha value is -3.59. The molecule has 0 saturated carbocycles. The van der Waals surface area contributed by atoms with Crippen LogP contribution in [0.25, 0.3) is 22.3 Å². The fourth-order valence-electron chi connectivity index (χ4n) is 4.81. The van der Waals surface area contributed by atoms with Crippen LogP contribution in [-0.2, 0) is 11.3 Å². The number of rotatable bonds is 3. The van der Waals surface area contributed by atoms with Gasteiger partial charge in [-0.2, -0.15) is 0 Å². The van der Waals surface area contributed by atoms with Crippen molar-refractivity contribution in [2.24, 2.45) is 0 Å². The van der Waals surface area contributed by atoms with Crippen molar-refractivity contribution in [3.05, 3.63) is 47.9 Å². The minimum Gasteiger partial charge on any atom is -0.384 e. The summed E-state index contributed by atoms with van der Waals surface area (Å²) in [6, 6.07) is 7.64. The fraction of sp³-hybridized carbons (Fsp3) is 0.400. The summed E-state index contributed by atoms with van der Waals surface area (Å²) < 4.78 is 0. The van der Waals surface area contributed by atoms with Crippen molar-refractivity contribution in [1.82, 2.24) is 24.8 Å². The van der Waals surface area contributed by atoms with Crippen LogP contribution in [-0.4, -0.2) is 74.1 Å². The summed E-state index contributed by atoms with van der Waals surface area (Å²) in [7, 11) is 1.79. The topological polar surface area (TPSA) is 103 Å². The van der Waals surface area contributed by atoms with Gasteiger partial charge in [0, 0.05) is 55.4 Å². The lowest BCUT2D eigenvalue weighted by Crippen LogP contribution is -2.55. The highest BCUT2D eigenvalue weighted by Gasteiger charge is 2.38. The van der Waals surface area contributed by atoms with Gasteiger partial charge in [-0.15, -0.1) is 0 Å². The second kappa shape index (κ2) is 8.64. The Labute approximate surface area is 198 Å². The number of hydrogen-bond donors (Lipinski definition) is 1. The summed E-state index contributed by atoms with van der Waals surface area (Å²) in [4.78, 5) is 44.8. The number of piperidine rings is 1. The molecule has 9 heteroatoms. The molecule has 2 aliphatic heterocycles. The maximum absolute atomic E-state index is 13.4. The maximum Gasteiger partial charge on any atom is 0.324 e. The Morgan fingerprint density at radius 3 is 2.56 bits per heavy atom. The van der Waals surface area contributed by atoms with Crippen LogP contribution in [0.2, 0.25) is 0 Å². The molecule has 2 aliphatic rings. The predicted molar refractivity (Wildman–Crippen MR) is 128 cm³/mol. The van der Waals surface area contributed by atoms with E-state index in [1.54, 1.807) is 23.0 Å². The van der Waals surface area contributed by atoms with E-state index in [4.69, 9.17) is 4.98 Å². The molecule has 176 valence electrons. The van der Waals surface area contributed by atoms with Gasteiger partial charge in [-0.3, -0.25) is 19.7 Å². The lowest BCUT2D eigenvalue weighted by Gasteiger charge is -2.43. The molecule has 3 amide bonds. The normalized spacial score (nSPS) is 17.8. The number of fused-ring (bicyclic) bond motifs is 3. The van der Waals surface area contributed by atoms with Crippen LogP contribution in [0.1, 0.15) is 31.0 Å². The van der Waals surface area contributed by atoms with Gasteiger partial charge in [-0.05, 0) is 51.0 Å². The molecule has 5 rings (SSSR count). The summed E-state index contributed by atoms with van der Waals surface area (Å²) in [6.45, 7) is 4.88. The first kappa shape index (κ1) is 22.2. The van der Waals surface area contributed by atoms with Gasteiger partial charge >= 0.3 is 6.03 Å². The summed E-state index contributed by atoms with van der Waals surface area (Å²) in [6.07, 6.45) is 3.87. The van der Waals surface area contributed by atoms with E-state index >= 15 is 0 Å². The third-order valence-corrected chi connectivity index (χ3v) is 6.65. The van der Waals surface area contributed by atoms with Gasteiger partial charge in [0.2, 0.25) is 0 Å². The SMILES string of the molecule is Cc1ccc(-c2ccc3ncc4c(c3n2)N(C2CCN(C(=O)[C@H](C)O)CC2)C(=O)N(C)C4)cn1. The lowest BCUT2D eigenvalue weighted by molar-refractivity contribution is -0.140. The highest BCUT2D eigenvalue weighted by atomic mass is 16.3. The van der Waals surface area contributed by atoms with Crippen molar-refractivity contribution in [2.75, 3.05) is 25.0 Å². The Bertz CT molecular complexity index is 1250. The van der Waals surface area contributed by atoms with Crippen LogP contribution in [0.15, 0.2) is 36.7 Å². The molecule has 1 N–H and O–H groups in total. The Balaban J connectivity index is 1.56. The molecule has 1 fully saturated rings. The number of carbonyl (C=O) groups is 2. The number of aryl methyl sites for hydroxylation is 1. The van der Waals surface area contributed by atoms with E-state index in [-0.39, 0.29) is 18.0 Å². The molecule has 0 bridgehead atoms. The molecule has 0 aromatic carbocycles. The molecule has 34 heavy (non-hydrogen) atoms. The highest BCUT2D eigenvalue weighted by Crippen LogP contribution is 2.37. The highest BCUT2D eigenvalue weighted by molar-refractivity contribution is 6.04. The van der Waals surface area contributed by atoms with Crippen molar-refractivity contribution in [3.8, 4) is 11.3 Å². The van der Waals surface area contributed by atoms with Gasteiger partial charge in [-0.25, -0.2) is 9.78 Å². The Kier molecular flexibility index (Phi) is 5.65. The van der Waals surface area contributed by atoms with E-state index in [2.05, 4.69) is 9.97 Å². The van der Waals surface area contributed by atoms with Crippen LogP contribution < -0.4 is 4.90 Å². The van der Waals surface area contributed by atoms with Crippen LogP contribution >= 0.6 is 0 Å². The number of amides is 3. The fourth-order valence-corrected chi connectivity index (χ4v) is 4.81. The van der Waals surface area contributed by atoms with E-state index in [0.29, 0.717) is 38.0 Å². The summed E-state index contributed by atoms with van der Waals surface area (Å²) in [5.41, 5.74) is 5.79. The molecule has 0 radical (unpaired) electrons. The quantitative estimate of drug-likeness (QED) is 0.645. The van der Waals surface area contributed by atoms with Crippen molar-refractivity contribution in [1.29, 1.82) is 0 Å². The van der Waals surface area contributed by atoms with Crippen LogP contribution in [0.3, 0.4) is 0 Å². The smallest absolute Gasteiger partial charge is 0.324 e. The number of carbonyl (C=O) groups excluding carboxylic acids is 2. The molecule has 3 aromatic rings. The monoisotopic (exact) mass is 460 g/mol. The summed E-state index contributed by atoms with van der Waals surface area (Å²) >= 11 is 0. The van der Waals surface area contributed by atoms with Crippen LogP contribution in [0, 0.1) is 6.92 Å². The maximum atomic E-state index is 13.4. The van der Waals surface area contributed by atoms with Gasteiger partial charge in [0.1, 0.15) is 11.6 Å². The zero-order valence-electron chi connectivity index (χ0n) is 19.6. The molecule has 1 saturated heterocycles. The van der Waals surface area contributed by atoms with Gasteiger partial charge in [-0.1, -0.05) is 0 Å². The molecular weight excluding hydrogens is 432 g/mol. The summed E-state index contributed by atoms with van der Waals surface area (Å²) in [5.74, 6) is -0.270. The second-order valence-electron chi connectivity index (χ2n) is 9.13. The molecule has 9 nitrogen and oxygen atoms in total. The second-order valence-corrected chi connectivity index (χ2v) is 9.13. The van der Waals surface area contributed by atoms with E-state index in [1.807, 2.05) is 42.3 Å². The zero-order chi connectivity index (χ0) is 24.0. The van der Waals surface area contributed by atoms with E-state index in [1.165, 1.54) is 6.92 Å². The third-order valence-electron chi connectivity index (χ3n) is 6.65. The molecular formula is C25H28N6O3. The van der Waals surface area contributed by atoms with Crippen molar-refractivity contribution >= 4 is 28.7 Å². The van der Waals surface area contributed by atoms with Gasteiger partial charge < -0.3 is 14.9 Å². The first-order valence-electron chi connectivity index (χ1n) is 11.6. The van der Waals surface area contributed by atoms with Gasteiger partial charge in [0.05, 0.1) is 23.4 Å². The average Bonchev–Trinajstić information content (AvgIpc) is 2.84. The number of likely N-dealkylation sites (tertiary alicyclic amines) is 1. The minimum atomic E-state index is -1.02. The van der Waals surface area contributed by atoms with E-state index in [9.17, 15) is 14.7 Å². The van der Waals surface area contributed by atoms with Crippen molar-refractivity contribution < 1.29 is 14.7 Å². The standard InChI is InChI=1S/C25H28N6O3/c1-15-4-5-17(12-26-15)20-6-7-21-22(28-20)23-18(13-27-21)14-29(3)25(34)31(23)19-8-10-30(11-9-19)24(33)16(2)32/h4-7,12-13,16,19,32H,8-11,14H2,1-3H3/t16-/m0/s1. The molecule has 5 heterocycles. The number of hydrogen-bond acceptors (Lipinski definition) is 6. The average molecular weight is 461 g/mol. The molecule has 3 aromatic heterocycles. The number of aliphatic hydroxyl groups is 1. The molecule has 0 aliphatic carbocycles. The molecule has 0 spiro atoms.